The highest BCUT2D eigenvalue weighted by Crippen LogP contribution is 2.56. The highest BCUT2D eigenvalue weighted by molar-refractivity contribution is 6.25. The summed E-state index contributed by atoms with van der Waals surface area (Å²) in [4.78, 5) is 42.7. The van der Waals surface area contributed by atoms with Gasteiger partial charge in [0.1, 0.15) is 22.8 Å². The maximum absolute atomic E-state index is 13.9. The van der Waals surface area contributed by atoms with E-state index in [4.69, 9.17) is 10.5 Å². The third kappa shape index (κ3) is 3.27. The van der Waals surface area contributed by atoms with Crippen LogP contribution < -0.4 is 10.6 Å². The number of aromatic hydroxyl groups is 1. The minimum Gasteiger partial charge on any atom is -0.510 e. The van der Waals surface area contributed by atoms with Crippen LogP contribution in [0.25, 0.3) is 0 Å². The maximum atomic E-state index is 13.9. The van der Waals surface area contributed by atoms with Gasteiger partial charge in [-0.2, -0.15) is 0 Å². The molecule has 1 amide bonds. The predicted octanol–water partition coefficient (Wildman–Crippen LogP) is -0.511. The summed E-state index contributed by atoms with van der Waals surface area (Å²) in [6.07, 6.45) is -1.62. The lowest BCUT2D eigenvalue weighted by Gasteiger charge is -2.53. The zero-order chi connectivity index (χ0) is 27.8. The maximum Gasteiger partial charge on any atom is 0.255 e. The molecule has 12 nitrogen and oxygen atoms in total. The number of phenolic OH excluding ortho intramolecular Hbond substituents is 1. The number of Topliss-reactive ketones (excluding diaryl/α,β-unsaturated/α-hetero) is 2. The van der Waals surface area contributed by atoms with Crippen molar-refractivity contribution in [2.75, 3.05) is 45.3 Å². The van der Waals surface area contributed by atoms with Gasteiger partial charge >= 0.3 is 0 Å². The number of ether oxygens (including phenoxy) is 1. The minimum absolute atomic E-state index is 0.102. The van der Waals surface area contributed by atoms with E-state index in [1.54, 1.807) is 19.1 Å². The number of nitrogens with two attached hydrogens (primary N) is 1. The van der Waals surface area contributed by atoms with Crippen LogP contribution >= 0.6 is 0 Å². The normalized spacial score (nSPS) is 33.3. The number of ketones is 2. The van der Waals surface area contributed by atoms with Crippen molar-refractivity contribution in [1.82, 2.24) is 4.90 Å². The van der Waals surface area contributed by atoms with Gasteiger partial charge in [0.05, 0.1) is 42.5 Å². The molecule has 1 saturated heterocycles. The second kappa shape index (κ2) is 8.80. The molecule has 7 N–H and O–H groups in total. The van der Waals surface area contributed by atoms with Crippen molar-refractivity contribution in [3.05, 3.63) is 45.9 Å². The molecule has 3 aliphatic carbocycles. The molecular weight excluding hydrogens is 498 g/mol. The Balaban J connectivity index is 1.73. The lowest BCUT2D eigenvalue weighted by molar-refractivity contribution is -0.162. The van der Waals surface area contributed by atoms with Gasteiger partial charge < -0.3 is 40.9 Å². The average Bonchev–Trinajstić information content (AvgIpc) is 2.86. The summed E-state index contributed by atoms with van der Waals surface area (Å²) in [7, 11) is 2.99. The zero-order valence-corrected chi connectivity index (χ0v) is 21.2. The van der Waals surface area contributed by atoms with Crippen LogP contribution in [0.5, 0.6) is 5.75 Å². The van der Waals surface area contributed by atoms with Crippen LogP contribution in [0.2, 0.25) is 0 Å². The fourth-order valence-corrected chi connectivity index (χ4v) is 6.67. The number of nitrogens with zero attached hydrogens (tertiary/aromatic N) is 2. The van der Waals surface area contributed by atoms with E-state index < -0.39 is 75.6 Å². The Hall–Kier alpha value is -3.45. The van der Waals surface area contributed by atoms with E-state index in [0.717, 1.165) is 0 Å². The Morgan fingerprint density at radius 3 is 2.37 bits per heavy atom. The van der Waals surface area contributed by atoms with Gasteiger partial charge in [0.25, 0.3) is 5.91 Å². The third-order valence-corrected chi connectivity index (χ3v) is 8.46. The van der Waals surface area contributed by atoms with Crippen LogP contribution in [0.4, 0.5) is 5.69 Å². The van der Waals surface area contributed by atoms with E-state index in [1.807, 2.05) is 4.90 Å². The third-order valence-electron chi connectivity index (χ3n) is 8.46. The van der Waals surface area contributed by atoms with E-state index in [-0.39, 0.29) is 11.3 Å². The first-order chi connectivity index (χ1) is 17.8. The van der Waals surface area contributed by atoms with Crippen molar-refractivity contribution in [2.45, 2.75) is 30.6 Å². The van der Waals surface area contributed by atoms with Crippen molar-refractivity contribution in [1.29, 1.82) is 0 Å². The summed E-state index contributed by atoms with van der Waals surface area (Å²) in [5.74, 6) is -8.96. The van der Waals surface area contributed by atoms with E-state index in [1.165, 1.54) is 19.0 Å². The van der Waals surface area contributed by atoms with Crippen LogP contribution in [0.1, 0.15) is 28.8 Å². The van der Waals surface area contributed by atoms with Gasteiger partial charge in [0, 0.05) is 24.6 Å². The molecule has 1 aromatic carbocycles. The van der Waals surface area contributed by atoms with E-state index in [0.29, 0.717) is 37.6 Å². The number of amides is 1. The quantitative estimate of drug-likeness (QED) is 0.276. The Kier molecular flexibility index (Phi) is 6.06. The molecule has 1 fully saturated rings. The highest BCUT2D eigenvalue weighted by atomic mass is 16.5. The van der Waals surface area contributed by atoms with Gasteiger partial charge in [0.15, 0.2) is 11.4 Å². The predicted molar refractivity (Wildman–Crippen MR) is 133 cm³/mol. The number of phenols is 1. The average molecular weight is 530 g/mol. The van der Waals surface area contributed by atoms with Crippen LogP contribution in [0, 0.1) is 11.8 Å². The Bertz CT molecular complexity index is 1310. The Morgan fingerprint density at radius 2 is 1.79 bits per heavy atom. The molecule has 1 heterocycles. The van der Waals surface area contributed by atoms with Crippen molar-refractivity contribution >= 4 is 23.2 Å². The monoisotopic (exact) mass is 529 g/mol. The number of morpholine rings is 1. The first-order valence-electron chi connectivity index (χ1n) is 12.4. The van der Waals surface area contributed by atoms with E-state index in [2.05, 4.69) is 0 Å². The molecule has 0 unspecified atom stereocenters. The second-order valence-corrected chi connectivity index (χ2v) is 10.5. The molecular formula is C26H31N3O9. The number of primary amides is 1. The molecule has 38 heavy (non-hydrogen) atoms. The summed E-state index contributed by atoms with van der Waals surface area (Å²) < 4.78 is 5.36. The molecule has 204 valence electrons. The number of carbonyl (C=O) groups excluding carboxylic acids is 3. The Labute approximate surface area is 218 Å². The summed E-state index contributed by atoms with van der Waals surface area (Å²) in [5.41, 5.74) is 1.78. The molecule has 0 bridgehead atoms. The lowest BCUT2D eigenvalue weighted by Crippen LogP contribution is -2.68. The Morgan fingerprint density at radius 1 is 1.16 bits per heavy atom. The molecule has 5 rings (SSSR count). The number of likely N-dealkylation sites (N-methyl/N-ethyl adjacent to an activating group) is 1. The summed E-state index contributed by atoms with van der Waals surface area (Å²) in [6.45, 7) is 3.54. The smallest absolute Gasteiger partial charge is 0.255 e. The number of aliphatic hydroxyl groups is 4. The number of anilines is 1. The van der Waals surface area contributed by atoms with Crippen LogP contribution in [-0.4, -0.2) is 106 Å². The zero-order valence-electron chi connectivity index (χ0n) is 21.2. The molecule has 12 heteroatoms. The number of hydrogen-bond donors (Lipinski definition) is 6. The molecule has 0 saturated carbocycles. The van der Waals surface area contributed by atoms with Crippen LogP contribution in [0.3, 0.4) is 0 Å². The lowest BCUT2D eigenvalue weighted by atomic mass is 9.55. The van der Waals surface area contributed by atoms with Crippen LogP contribution in [0.15, 0.2) is 34.8 Å². The van der Waals surface area contributed by atoms with Crippen LogP contribution in [-0.2, 0) is 14.3 Å². The van der Waals surface area contributed by atoms with Gasteiger partial charge in [0.2, 0.25) is 5.78 Å². The largest absolute Gasteiger partial charge is 0.510 e. The molecule has 0 radical (unpaired) electrons. The van der Waals surface area contributed by atoms with Crippen molar-refractivity contribution in [3.63, 3.8) is 0 Å². The van der Waals surface area contributed by atoms with Crippen molar-refractivity contribution < 1.29 is 44.7 Å². The number of fused-ring (bicyclic) bond motifs is 3. The summed E-state index contributed by atoms with van der Waals surface area (Å²) in [6, 6.07) is 2.07. The molecule has 1 aliphatic heterocycles. The minimum atomic E-state index is -2.93. The topological polar surface area (TPSA) is 194 Å². The molecule has 1 aromatic rings. The first kappa shape index (κ1) is 26.2. The molecule has 0 aromatic heterocycles. The van der Waals surface area contributed by atoms with Crippen molar-refractivity contribution in [2.24, 2.45) is 17.6 Å². The molecule has 4 aliphatic rings. The van der Waals surface area contributed by atoms with Gasteiger partial charge in [-0.3, -0.25) is 19.3 Å². The summed E-state index contributed by atoms with van der Waals surface area (Å²) in [5, 5.41) is 56.9. The van der Waals surface area contributed by atoms with Gasteiger partial charge in [-0.15, -0.1) is 0 Å². The fraction of sp³-hybridized carbons (Fsp3) is 0.500. The van der Waals surface area contributed by atoms with E-state index in [9.17, 15) is 39.9 Å². The standard InChI is InChI=1S/C26H31N3O9/c1-10-11-4-5-12(29-6-8-38-9-7-29)19(30)14(11)20(31)15-13(10)21(32)17-18(28(2)3)22(33)16(25(27)36)24(35)26(17,37)23(15)34/h4-5,10,13,17-18,21,30,32-34,37H,6-9H2,1-3H3,(H2,27,36)/t10-,13+,17+,18-,21-,26-/m0/s1. The number of benzene rings is 1. The highest BCUT2D eigenvalue weighted by Gasteiger charge is 2.67. The molecule has 6 atom stereocenters. The summed E-state index contributed by atoms with van der Waals surface area (Å²) >= 11 is 0. The number of rotatable bonds is 3. The number of aliphatic hydroxyl groups excluding tert-OH is 3. The fourth-order valence-electron chi connectivity index (χ4n) is 6.67. The van der Waals surface area contributed by atoms with Crippen molar-refractivity contribution in [3.8, 4) is 5.75 Å². The van der Waals surface area contributed by atoms with Gasteiger partial charge in [-0.1, -0.05) is 13.0 Å². The second-order valence-electron chi connectivity index (χ2n) is 10.5. The van der Waals surface area contributed by atoms with Gasteiger partial charge in [-0.05, 0) is 31.6 Å². The SMILES string of the molecule is C[C@H]1c2ccc(N3CCOCC3)c(O)c2C(=O)C2=C(O)[C@]3(O)C(=O)C(C(N)=O)=C(O)[C@@H](N(C)C)[C@@H]3[C@@H](O)[C@@H]21. The first-order valence-corrected chi connectivity index (χ1v) is 12.4. The van der Waals surface area contributed by atoms with E-state index >= 15 is 0 Å². The molecule has 0 spiro atoms. The number of carbonyl (C=O) groups is 3. The van der Waals surface area contributed by atoms with Gasteiger partial charge in [-0.25, -0.2) is 0 Å². The number of hydrogen-bond acceptors (Lipinski definition) is 11.